The molecule has 0 bridgehead atoms. The largest absolute Gasteiger partial charge is 1.00 e. The first-order chi connectivity index (χ1) is 16.2. The number of aliphatic hydroxyl groups is 1. The molecule has 0 spiro atoms. The molecule has 0 fully saturated rings. The number of unbranched alkanes of at least 4 members (excludes halogenated alkanes) is 16. The number of aliphatic hydroxyl groups excluding tert-OH is 1. The van der Waals surface area contributed by atoms with Crippen LogP contribution < -0.4 is 138 Å². The first-order valence-corrected chi connectivity index (χ1v) is 16.1. The third-order valence-corrected chi connectivity index (χ3v) is 6.66. The molecule has 0 heterocycles. The Morgan fingerprint density at radius 2 is 0.632 bits per heavy atom. The first kappa shape index (κ1) is 57.7. The van der Waals surface area contributed by atoms with Crippen molar-refractivity contribution in [2.24, 2.45) is 0 Å². The molecule has 0 amide bonds. The summed E-state index contributed by atoms with van der Waals surface area (Å²) in [7, 11) is -12.9. The van der Waals surface area contributed by atoms with Crippen LogP contribution in [0, 0.1) is 0 Å². The van der Waals surface area contributed by atoms with Crippen LogP contribution in [-0.4, -0.2) is 11.7 Å². The minimum Gasteiger partial charge on any atom is -0.563 e. The molecular weight excluding hydrogens is 620 g/mol. The standard InChI is InChI=1S/C19H40O.4Na.2O5P2/c1-2-3-4-5-6-7-8-9-10-11-12-13-14-15-16-17-18-19-20;;;;;2*1-6(2)5-7(3)4/h20H,2-19H2,1H3;;;;;;/q;4*+1;;. The summed E-state index contributed by atoms with van der Waals surface area (Å²) in [6.45, 7) is 2.66. The summed E-state index contributed by atoms with van der Waals surface area (Å²) in [5.74, 6) is 0. The molecule has 0 aromatic carbocycles. The Morgan fingerprint density at radius 3 is 0.763 bits per heavy atom. The van der Waals surface area contributed by atoms with Crippen molar-refractivity contribution in [1.82, 2.24) is 0 Å². The Morgan fingerprint density at radius 1 is 0.447 bits per heavy atom. The summed E-state index contributed by atoms with van der Waals surface area (Å²) < 4.78 is 43.3. The fourth-order valence-corrected chi connectivity index (χ4v) is 3.82. The van der Waals surface area contributed by atoms with E-state index in [1.165, 1.54) is 103 Å². The third-order valence-electron chi connectivity index (χ3n) is 4.53. The first-order valence-electron chi connectivity index (χ1n) is 11.7. The Labute approximate surface area is 321 Å². The van der Waals surface area contributed by atoms with Gasteiger partial charge >= 0.3 is 151 Å². The Balaban J connectivity index is -0.0000000894. The Hall–Kier alpha value is 4.12. The van der Waals surface area contributed by atoms with Gasteiger partial charge in [0.1, 0.15) is 8.62 Å². The molecule has 0 radical (unpaired) electrons. The van der Waals surface area contributed by atoms with Crippen molar-refractivity contribution in [2.75, 3.05) is 6.61 Å². The van der Waals surface area contributed by atoms with Gasteiger partial charge in [-0.1, -0.05) is 110 Å². The van der Waals surface area contributed by atoms with Gasteiger partial charge < -0.3 is 24.7 Å². The van der Waals surface area contributed by atoms with Crippen LogP contribution in [0.1, 0.15) is 116 Å². The summed E-state index contributed by atoms with van der Waals surface area (Å²) >= 11 is 0. The van der Waals surface area contributed by atoms with Crippen molar-refractivity contribution < 1.29 is 170 Å². The van der Waals surface area contributed by atoms with Gasteiger partial charge in [0.15, 0.2) is 0 Å². The van der Waals surface area contributed by atoms with E-state index in [1.807, 2.05) is 0 Å². The maximum atomic E-state index is 9.24. The summed E-state index contributed by atoms with van der Waals surface area (Å²) in [4.78, 5) is 37.0. The molecule has 202 valence electrons. The molecule has 0 aliphatic carbocycles. The van der Waals surface area contributed by atoms with Crippen molar-refractivity contribution in [2.45, 2.75) is 116 Å². The average molecular weight is 660 g/mol. The number of rotatable bonds is 21. The van der Waals surface area contributed by atoms with E-state index < -0.39 is 33.0 Å². The van der Waals surface area contributed by atoms with Gasteiger partial charge in [0.05, 0.1) is 0 Å². The molecule has 1 N–H and O–H groups in total. The van der Waals surface area contributed by atoms with Crippen LogP contribution in [0.15, 0.2) is 0 Å². The van der Waals surface area contributed by atoms with Gasteiger partial charge in [-0.2, -0.15) is 0 Å². The van der Waals surface area contributed by atoms with Crippen LogP contribution in [0.3, 0.4) is 0 Å². The van der Waals surface area contributed by atoms with Gasteiger partial charge in [0.2, 0.25) is 0 Å². The van der Waals surface area contributed by atoms with Gasteiger partial charge in [0.25, 0.3) is 0 Å². The van der Waals surface area contributed by atoms with Gasteiger partial charge in [0, 0.05) is 6.61 Å². The maximum absolute atomic E-state index is 9.24. The Kier molecular flexibility index (Phi) is 77.1. The predicted molar refractivity (Wildman–Crippen MR) is 124 cm³/mol. The second-order valence-electron chi connectivity index (χ2n) is 7.44. The number of hydrogen-bond donors (Lipinski definition) is 1. The van der Waals surface area contributed by atoms with Crippen LogP contribution in [0.5, 0.6) is 0 Å². The van der Waals surface area contributed by atoms with E-state index in [1.54, 1.807) is 0 Å². The van der Waals surface area contributed by atoms with Crippen molar-refractivity contribution in [3.8, 4) is 0 Å². The zero-order chi connectivity index (χ0) is 26.5. The molecular formula is C19H40Na4O11P4+4. The van der Waals surface area contributed by atoms with E-state index in [9.17, 15) is 37.8 Å². The second-order valence-corrected chi connectivity index (χ2v) is 10.5. The molecule has 4 unspecified atom stereocenters. The molecule has 0 aromatic heterocycles. The number of hydrogen-bond acceptors (Lipinski definition) is 11. The molecule has 0 rings (SSSR count). The molecule has 19 heteroatoms. The average Bonchev–Trinajstić information content (AvgIpc) is 2.72. The van der Waals surface area contributed by atoms with E-state index in [0.717, 1.165) is 6.42 Å². The fourth-order valence-electron chi connectivity index (χ4n) is 2.95. The van der Waals surface area contributed by atoms with E-state index in [-0.39, 0.29) is 118 Å². The van der Waals surface area contributed by atoms with Crippen molar-refractivity contribution in [3.05, 3.63) is 0 Å². The van der Waals surface area contributed by atoms with Crippen molar-refractivity contribution >= 4 is 33.0 Å². The molecule has 0 aromatic rings. The predicted octanol–water partition coefficient (Wildman–Crippen LogP) is -7.28. The van der Waals surface area contributed by atoms with Gasteiger partial charge in [-0.3, -0.25) is 0 Å². The third kappa shape index (κ3) is 72.4. The topological polar surface area (TPSA) is 199 Å². The molecule has 38 heavy (non-hydrogen) atoms. The molecule has 0 saturated heterocycles. The van der Waals surface area contributed by atoms with Crippen molar-refractivity contribution in [3.63, 3.8) is 0 Å². The van der Waals surface area contributed by atoms with E-state index in [0.29, 0.717) is 6.61 Å². The van der Waals surface area contributed by atoms with Crippen LogP contribution in [0.4, 0.5) is 0 Å². The van der Waals surface area contributed by atoms with Crippen LogP contribution in [0.25, 0.3) is 0 Å². The summed E-state index contributed by atoms with van der Waals surface area (Å²) in [6.07, 6.45) is 23.7. The second kappa shape index (κ2) is 50.7. The summed E-state index contributed by atoms with van der Waals surface area (Å²) in [5.41, 5.74) is 0. The minimum absolute atomic E-state index is 0. The van der Waals surface area contributed by atoms with Crippen LogP contribution in [0.2, 0.25) is 0 Å². The zero-order valence-electron chi connectivity index (χ0n) is 24.0. The monoisotopic (exact) mass is 660 g/mol. The van der Waals surface area contributed by atoms with E-state index >= 15 is 0 Å². The maximum Gasteiger partial charge on any atom is 1.00 e. The normalized spacial score (nSPS) is 10.8. The summed E-state index contributed by atoms with van der Waals surface area (Å²) in [5, 5.41) is 8.68. The quantitative estimate of drug-likeness (QED) is 0.0697. The van der Waals surface area contributed by atoms with Gasteiger partial charge in [-0.15, -0.1) is 0 Å². The minimum atomic E-state index is -3.24. The summed E-state index contributed by atoms with van der Waals surface area (Å²) in [6, 6.07) is 0. The van der Waals surface area contributed by atoms with E-state index in [4.69, 9.17) is 5.11 Å². The van der Waals surface area contributed by atoms with Gasteiger partial charge in [-0.05, 0) is 24.7 Å². The smallest absolute Gasteiger partial charge is 0.563 e. The van der Waals surface area contributed by atoms with E-state index in [2.05, 4.69) is 15.5 Å². The SMILES string of the molecule is CCCCCCCCCCCCCCCCCCCO.O=[P+]([O-])O[P+](=O)[O-].O=[P+]([O-])O[P+](=O)[O-].[Na+].[Na+].[Na+].[Na+]. The molecule has 11 nitrogen and oxygen atoms in total. The van der Waals surface area contributed by atoms with Crippen LogP contribution >= 0.6 is 33.0 Å². The molecule has 4 atom stereocenters. The molecule has 0 saturated carbocycles. The zero-order valence-corrected chi connectivity index (χ0v) is 35.6. The fraction of sp³-hybridized carbons (Fsp3) is 1.00. The van der Waals surface area contributed by atoms with Crippen LogP contribution in [-0.2, 0) is 26.9 Å². The Bertz CT molecular complexity index is 461. The van der Waals surface area contributed by atoms with Gasteiger partial charge in [-0.25, -0.2) is 0 Å². The van der Waals surface area contributed by atoms with Crippen molar-refractivity contribution in [1.29, 1.82) is 0 Å². The molecule has 0 aliphatic rings. The molecule has 0 aliphatic heterocycles.